The number of carbonyl (C=O) groups excluding carboxylic acids is 2. The van der Waals surface area contributed by atoms with Crippen LogP contribution >= 0.6 is 0 Å². The van der Waals surface area contributed by atoms with Crippen molar-refractivity contribution >= 4 is 22.9 Å². The summed E-state index contributed by atoms with van der Waals surface area (Å²) in [6.45, 7) is -0.329. The molecule has 1 heterocycles. The van der Waals surface area contributed by atoms with Crippen LogP contribution in [0.3, 0.4) is 0 Å². The van der Waals surface area contributed by atoms with Gasteiger partial charge in [-0.05, 0) is 60.2 Å². The predicted octanol–water partition coefficient (Wildman–Crippen LogP) is 3.71. The van der Waals surface area contributed by atoms with Crippen molar-refractivity contribution in [2.24, 2.45) is 5.73 Å². The zero-order chi connectivity index (χ0) is 21.4. The maximum atomic E-state index is 14.4. The highest BCUT2D eigenvalue weighted by atomic mass is 19.1. The Hall–Kier alpha value is -3.49. The van der Waals surface area contributed by atoms with Gasteiger partial charge in [-0.25, -0.2) is 18.0 Å². The first-order valence-electron chi connectivity index (χ1n) is 9.31. The fraction of sp³-hybridized carbons (Fsp3) is 0.238. The van der Waals surface area contributed by atoms with E-state index in [2.05, 4.69) is 10.3 Å². The molecule has 1 saturated carbocycles. The number of aromatic amines is 1. The van der Waals surface area contributed by atoms with Crippen LogP contribution in [0.25, 0.3) is 22.2 Å². The van der Waals surface area contributed by atoms with Crippen LogP contribution in [-0.2, 0) is 9.53 Å². The highest BCUT2D eigenvalue weighted by molar-refractivity contribution is 5.92. The fourth-order valence-electron chi connectivity index (χ4n) is 3.76. The summed E-state index contributed by atoms with van der Waals surface area (Å²) in [4.78, 5) is 25.4. The van der Waals surface area contributed by atoms with Gasteiger partial charge in [-0.15, -0.1) is 0 Å². The van der Waals surface area contributed by atoms with Gasteiger partial charge in [0.25, 0.3) is 0 Å². The van der Waals surface area contributed by atoms with Crippen LogP contribution in [-0.4, -0.2) is 29.6 Å². The van der Waals surface area contributed by atoms with Crippen LogP contribution in [0.1, 0.15) is 24.3 Å². The molecule has 0 spiro atoms. The van der Waals surface area contributed by atoms with Crippen LogP contribution < -0.4 is 11.1 Å². The molecule has 1 aromatic heterocycles. The number of carbonyl (C=O) groups is 2. The molecule has 3 aromatic rings. The number of alkyl carbamates (subject to hydrolysis) is 1. The zero-order valence-electron chi connectivity index (χ0n) is 15.7. The van der Waals surface area contributed by atoms with Crippen LogP contribution in [0.5, 0.6) is 0 Å². The number of fused-ring (bicyclic) bond motifs is 1. The minimum atomic E-state index is -0.757. The van der Waals surface area contributed by atoms with Crippen molar-refractivity contribution in [3.63, 3.8) is 0 Å². The lowest BCUT2D eigenvalue weighted by Crippen LogP contribution is -2.39. The molecule has 2 amide bonds. The van der Waals surface area contributed by atoms with E-state index in [1.165, 1.54) is 18.2 Å². The Morgan fingerprint density at radius 2 is 1.80 bits per heavy atom. The average Bonchev–Trinajstić information content (AvgIpc) is 3.02. The van der Waals surface area contributed by atoms with Crippen molar-refractivity contribution in [3.05, 3.63) is 59.4 Å². The number of primary amides is 1. The fourth-order valence-corrected chi connectivity index (χ4v) is 3.76. The normalized spacial score (nSPS) is 18.1. The first-order valence-corrected chi connectivity index (χ1v) is 9.31. The molecule has 0 aliphatic heterocycles. The van der Waals surface area contributed by atoms with Crippen molar-refractivity contribution in [1.29, 1.82) is 0 Å². The maximum absolute atomic E-state index is 14.4. The van der Waals surface area contributed by atoms with Gasteiger partial charge in [0.05, 0.1) is 17.8 Å². The Labute approximate surface area is 169 Å². The van der Waals surface area contributed by atoms with Crippen LogP contribution in [0.4, 0.5) is 18.0 Å². The molecule has 0 atom stereocenters. The van der Waals surface area contributed by atoms with Gasteiger partial charge in [-0.3, -0.25) is 4.79 Å². The zero-order valence-corrected chi connectivity index (χ0v) is 15.7. The van der Waals surface area contributed by atoms with Gasteiger partial charge >= 0.3 is 6.09 Å². The lowest BCUT2D eigenvalue weighted by atomic mass is 9.75. The van der Waals surface area contributed by atoms with Gasteiger partial charge in [0.15, 0.2) is 0 Å². The lowest BCUT2D eigenvalue weighted by Gasteiger charge is -2.35. The van der Waals surface area contributed by atoms with Gasteiger partial charge in [0, 0.05) is 11.5 Å². The van der Waals surface area contributed by atoms with E-state index >= 15 is 0 Å². The summed E-state index contributed by atoms with van der Waals surface area (Å²) in [5.74, 6) is -2.66. The topological polar surface area (TPSA) is 97.2 Å². The van der Waals surface area contributed by atoms with E-state index in [4.69, 9.17) is 10.5 Å². The van der Waals surface area contributed by atoms with Crippen molar-refractivity contribution in [1.82, 2.24) is 10.3 Å². The van der Waals surface area contributed by atoms with E-state index in [-0.39, 0.29) is 18.0 Å². The van der Waals surface area contributed by atoms with E-state index in [0.717, 1.165) is 6.07 Å². The first kappa shape index (κ1) is 19.8. The summed E-state index contributed by atoms with van der Waals surface area (Å²) in [7, 11) is 0. The minimum Gasteiger partial charge on any atom is -0.446 e. The van der Waals surface area contributed by atoms with Gasteiger partial charge in [0.1, 0.15) is 23.6 Å². The molecule has 2 aromatic carbocycles. The van der Waals surface area contributed by atoms with Crippen LogP contribution in [0.2, 0.25) is 0 Å². The van der Waals surface area contributed by atoms with Crippen molar-refractivity contribution < 1.29 is 27.5 Å². The van der Waals surface area contributed by atoms with E-state index in [1.807, 2.05) is 0 Å². The minimum absolute atomic E-state index is 0.131. The first-order chi connectivity index (χ1) is 14.3. The Bertz CT molecular complexity index is 1120. The number of halogens is 3. The number of hydrogen-bond acceptors (Lipinski definition) is 3. The van der Waals surface area contributed by atoms with Crippen molar-refractivity contribution in [2.45, 2.75) is 24.9 Å². The molecule has 0 unspecified atom stereocenters. The molecule has 1 fully saturated rings. The van der Waals surface area contributed by atoms with Crippen molar-refractivity contribution in [3.8, 4) is 11.3 Å². The molecule has 4 N–H and O–H groups in total. The molecule has 1 aliphatic carbocycles. The number of rotatable bonds is 5. The Morgan fingerprint density at radius 3 is 2.47 bits per heavy atom. The molecule has 9 heteroatoms. The molecule has 156 valence electrons. The van der Waals surface area contributed by atoms with Gasteiger partial charge in [0.2, 0.25) is 5.91 Å². The second kappa shape index (κ2) is 7.74. The average molecular weight is 417 g/mol. The number of nitrogens with two attached hydrogens (primary N) is 1. The summed E-state index contributed by atoms with van der Waals surface area (Å²) in [5, 5.41) is 2.64. The molecular weight excluding hydrogens is 399 g/mol. The third kappa shape index (κ3) is 3.83. The molecule has 0 saturated heterocycles. The molecule has 4 rings (SSSR count). The second-order valence-electron chi connectivity index (χ2n) is 7.25. The van der Waals surface area contributed by atoms with Crippen LogP contribution in [0.15, 0.2) is 36.4 Å². The summed E-state index contributed by atoms with van der Waals surface area (Å²) >= 11 is 0. The monoisotopic (exact) mass is 417 g/mol. The smallest absolute Gasteiger partial charge is 0.407 e. The number of nitrogens with one attached hydrogen (secondary N) is 2. The van der Waals surface area contributed by atoms with Gasteiger partial charge in [-0.1, -0.05) is 0 Å². The summed E-state index contributed by atoms with van der Waals surface area (Å²) in [6, 6.07) is 7.75. The second-order valence-corrected chi connectivity index (χ2v) is 7.25. The SMILES string of the molecule is NC(=O)CNC(=O)OC1CC(c2c(-c3ccc(F)cc3)[nH]c3c(F)cc(F)cc23)C1. The Kier molecular flexibility index (Phi) is 5.11. The van der Waals surface area contributed by atoms with E-state index < -0.39 is 35.6 Å². The largest absolute Gasteiger partial charge is 0.446 e. The number of H-pyrrole nitrogens is 1. The predicted molar refractivity (Wildman–Crippen MR) is 103 cm³/mol. The molecule has 6 nitrogen and oxygen atoms in total. The third-order valence-electron chi connectivity index (χ3n) is 5.18. The third-order valence-corrected chi connectivity index (χ3v) is 5.18. The summed E-state index contributed by atoms with van der Waals surface area (Å²) in [5.41, 5.74) is 7.01. The molecule has 30 heavy (non-hydrogen) atoms. The number of hydrogen-bond donors (Lipinski definition) is 3. The lowest BCUT2D eigenvalue weighted by molar-refractivity contribution is -0.117. The maximum Gasteiger partial charge on any atom is 0.407 e. The number of amides is 2. The number of ether oxygens (including phenoxy) is 1. The highest BCUT2D eigenvalue weighted by Crippen LogP contribution is 2.46. The molecule has 0 radical (unpaired) electrons. The standard InChI is InChI=1S/C21H18F3N3O3/c22-12-3-1-10(2-4-12)19-18(15-7-13(23)8-16(24)20(15)27-19)11-5-14(6-11)30-21(29)26-9-17(25)28/h1-4,7-8,11,14,27H,5-6,9H2,(H2,25,28)(H,26,29). The van der Waals surface area contributed by atoms with Gasteiger partial charge < -0.3 is 20.8 Å². The quantitative estimate of drug-likeness (QED) is 0.590. The summed E-state index contributed by atoms with van der Waals surface area (Å²) in [6.07, 6.45) is -0.300. The number of benzene rings is 2. The van der Waals surface area contributed by atoms with E-state index in [9.17, 15) is 22.8 Å². The molecular formula is C21H18F3N3O3. The van der Waals surface area contributed by atoms with Crippen molar-refractivity contribution in [2.75, 3.05) is 6.54 Å². The summed E-state index contributed by atoms with van der Waals surface area (Å²) < 4.78 is 46.8. The van der Waals surface area contributed by atoms with Crippen LogP contribution in [0, 0.1) is 17.5 Å². The van der Waals surface area contributed by atoms with Gasteiger partial charge in [-0.2, -0.15) is 0 Å². The highest BCUT2D eigenvalue weighted by Gasteiger charge is 2.37. The number of aromatic nitrogens is 1. The molecule has 0 bridgehead atoms. The van der Waals surface area contributed by atoms with E-state index in [0.29, 0.717) is 35.0 Å². The Balaban J connectivity index is 1.62. The van der Waals surface area contributed by atoms with E-state index in [1.54, 1.807) is 12.1 Å². The molecule has 1 aliphatic rings. The Morgan fingerprint density at radius 1 is 1.10 bits per heavy atom.